The Labute approximate surface area is 233 Å². The van der Waals surface area contributed by atoms with Gasteiger partial charge in [0.1, 0.15) is 5.54 Å². The molecule has 40 heavy (non-hydrogen) atoms. The van der Waals surface area contributed by atoms with E-state index >= 15 is 0 Å². The summed E-state index contributed by atoms with van der Waals surface area (Å²) in [5.41, 5.74) is 1.31. The van der Waals surface area contributed by atoms with Crippen LogP contribution >= 0.6 is 0 Å². The minimum Gasteiger partial charge on any atom is -0.459 e. The number of likely N-dealkylation sites (tertiary alicyclic amines) is 1. The molecule has 4 aliphatic rings. The summed E-state index contributed by atoms with van der Waals surface area (Å²) in [6.07, 6.45) is 4.22. The molecule has 4 heterocycles. The van der Waals surface area contributed by atoms with Gasteiger partial charge in [0.25, 0.3) is 5.91 Å². The second-order valence-corrected chi connectivity index (χ2v) is 10.6. The monoisotopic (exact) mass is 549 g/mol. The van der Waals surface area contributed by atoms with Crippen LogP contribution in [0.2, 0.25) is 0 Å². The normalized spacial score (nSPS) is 23.1. The molecule has 212 valence electrons. The summed E-state index contributed by atoms with van der Waals surface area (Å²) < 4.78 is 23.1. The van der Waals surface area contributed by atoms with Crippen LogP contribution in [0.25, 0.3) is 0 Å². The molecule has 2 amide bonds. The molecule has 2 N–H and O–H groups in total. The number of fused-ring (bicyclic) bond motifs is 1. The lowest BCUT2D eigenvalue weighted by atomic mass is 9.85. The van der Waals surface area contributed by atoms with E-state index in [1.54, 1.807) is 4.90 Å². The van der Waals surface area contributed by atoms with Crippen LogP contribution < -0.4 is 19.7 Å². The molecule has 2 unspecified atom stereocenters. The van der Waals surface area contributed by atoms with Crippen molar-refractivity contribution < 1.29 is 33.6 Å². The maximum Gasteiger partial charge on any atom is 0.288 e. The van der Waals surface area contributed by atoms with Gasteiger partial charge < -0.3 is 39.2 Å². The van der Waals surface area contributed by atoms with Crippen LogP contribution in [-0.4, -0.2) is 73.4 Å². The standard InChI is InChI=1S/C30H35N3O7/c34-14-4-5-15-37-27-18-22(21-8-9-24-25(16-21)39-20-38-24)17-26(40-27)28(35)32-12-10-30(11-13-32)29(36)31-19-33(30)23-6-2-1-3-7-23/h1-3,6-9,16-17,22,27,34H,4-5,10-15,18-20H2,(H,31,36). The summed E-state index contributed by atoms with van der Waals surface area (Å²) in [5.74, 6) is 1.34. The van der Waals surface area contributed by atoms with Gasteiger partial charge in [-0.2, -0.15) is 0 Å². The molecule has 0 saturated carbocycles. The molecule has 0 bridgehead atoms. The van der Waals surface area contributed by atoms with E-state index in [0.29, 0.717) is 70.0 Å². The summed E-state index contributed by atoms with van der Waals surface area (Å²) in [6, 6.07) is 15.7. The molecule has 0 radical (unpaired) electrons. The first-order valence-electron chi connectivity index (χ1n) is 14.0. The number of carbonyl (C=O) groups excluding carboxylic acids is 2. The first kappa shape index (κ1) is 26.5. The number of unbranched alkanes of at least 4 members (excludes halogenated alkanes) is 1. The van der Waals surface area contributed by atoms with Crippen LogP contribution in [0.5, 0.6) is 11.5 Å². The number of amides is 2. The van der Waals surface area contributed by atoms with E-state index in [1.165, 1.54) is 0 Å². The number of nitrogens with zero attached hydrogens (tertiary/aromatic N) is 2. The molecule has 4 aliphatic heterocycles. The highest BCUT2D eigenvalue weighted by molar-refractivity contribution is 5.95. The summed E-state index contributed by atoms with van der Waals surface area (Å²) in [6.45, 7) is 2.06. The fraction of sp³-hybridized carbons (Fsp3) is 0.467. The van der Waals surface area contributed by atoms with Crippen molar-refractivity contribution in [1.29, 1.82) is 0 Å². The molecule has 0 aromatic heterocycles. The van der Waals surface area contributed by atoms with E-state index in [9.17, 15) is 9.59 Å². The summed E-state index contributed by atoms with van der Waals surface area (Å²) in [5, 5.41) is 12.1. The van der Waals surface area contributed by atoms with Crippen molar-refractivity contribution >= 4 is 17.5 Å². The number of hydrogen-bond acceptors (Lipinski definition) is 8. The lowest BCUT2D eigenvalue weighted by Crippen LogP contribution is -2.57. The summed E-state index contributed by atoms with van der Waals surface area (Å²) in [4.78, 5) is 30.7. The van der Waals surface area contributed by atoms with Crippen molar-refractivity contribution in [2.24, 2.45) is 0 Å². The largest absolute Gasteiger partial charge is 0.459 e. The number of rotatable bonds is 8. The number of allylic oxidation sites excluding steroid dienone is 1. The van der Waals surface area contributed by atoms with Crippen molar-refractivity contribution in [2.45, 2.75) is 49.9 Å². The fourth-order valence-electron chi connectivity index (χ4n) is 5.98. The molecule has 10 heteroatoms. The van der Waals surface area contributed by atoms with Gasteiger partial charge in [-0.25, -0.2) is 0 Å². The highest BCUT2D eigenvalue weighted by Gasteiger charge is 2.51. The third-order valence-electron chi connectivity index (χ3n) is 8.23. The Kier molecular flexibility index (Phi) is 7.53. The Morgan fingerprint density at radius 1 is 1.07 bits per heavy atom. The van der Waals surface area contributed by atoms with Crippen LogP contribution in [-0.2, 0) is 19.1 Å². The number of benzene rings is 2. The molecule has 6 rings (SSSR count). The number of anilines is 1. The van der Waals surface area contributed by atoms with Crippen LogP contribution in [0.1, 0.15) is 43.6 Å². The van der Waals surface area contributed by atoms with Gasteiger partial charge in [-0.3, -0.25) is 9.59 Å². The quantitative estimate of drug-likeness (QED) is 0.484. The Morgan fingerprint density at radius 2 is 1.88 bits per heavy atom. The Hall–Kier alpha value is -3.76. The first-order chi connectivity index (χ1) is 19.6. The lowest BCUT2D eigenvalue weighted by molar-refractivity contribution is -0.154. The van der Waals surface area contributed by atoms with Gasteiger partial charge in [-0.1, -0.05) is 24.3 Å². The smallest absolute Gasteiger partial charge is 0.288 e. The number of carbonyl (C=O) groups is 2. The van der Waals surface area contributed by atoms with E-state index in [4.69, 9.17) is 24.1 Å². The van der Waals surface area contributed by atoms with Crippen LogP contribution in [0.15, 0.2) is 60.4 Å². The molecule has 2 aromatic carbocycles. The van der Waals surface area contributed by atoms with E-state index in [2.05, 4.69) is 10.2 Å². The predicted octanol–water partition coefficient (Wildman–Crippen LogP) is 2.87. The van der Waals surface area contributed by atoms with Crippen LogP contribution in [0.3, 0.4) is 0 Å². The number of hydrogen-bond donors (Lipinski definition) is 2. The van der Waals surface area contributed by atoms with Crippen LogP contribution in [0, 0.1) is 0 Å². The van der Waals surface area contributed by atoms with Crippen molar-refractivity contribution in [3.8, 4) is 11.5 Å². The maximum absolute atomic E-state index is 13.8. The third-order valence-corrected chi connectivity index (χ3v) is 8.23. The zero-order valence-electron chi connectivity index (χ0n) is 22.4. The van der Waals surface area contributed by atoms with Gasteiger partial charge in [-0.05, 0) is 61.6 Å². The molecule has 2 atom stereocenters. The SMILES string of the molecule is O=C(C1=CC(c2ccc3c(c2)OCO3)CC(OCCCCO)O1)N1CCC2(CC1)C(=O)NCN2c1ccccc1. The van der Waals surface area contributed by atoms with Crippen molar-refractivity contribution in [3.63, 3.8) is 0 Å². The predicted molar refractivity (Wildman–Crippen MR) is 146 cm³/mol. The number of aliphatic hydroxyl groups excluding tert-OH is 1. The molecule has 2 saturated heterocycles. The number of piperidine rings is 1. The van der Waals surface area contributed by atoms with Gasteiger partial charge in [0.15, 0.2) is 17.3 Å². The Balaban J connectivity index is 1.18. The average Bonchev–Trinajstić information content (AvgIpc) is 3.59. The zero-order chi connectivity index (χ0) is 27.5. The fourth-order valence-corrected chi connectivity index (χ4v) is 5.98. The highest BCUT2D eigenvalue weighted by Crippen LogP contribution is 2.40. The number of ether oxygens (including phenoxy) is 4. The van der Waals surface area contributed by atoms with Crippen molar-refractivity contribution in [1.82, 2.24) is 10.2 Å². The van der Waals surface area contributed by atoms with Gasteiger partial charge in [-0.15, -0.1) is 0 Å². The van der Waals surface area contributed by atoms with Crippen LogP contribution in [0.4, 0.5) is 5.69 Å². The highest BCUT2D eigenvalue weighted by atomic mass is 16.7. The molecular weight excluding hydrogens is 514 g/mol. The molecule has 10 nitrogen and oxygen atoms in total. The van der Waals surface area contributed by atoms with Gasteiger partial charge in [0.05, 0.1) is 13.3 Å². The van der Waals surface area contributed by atoms with E-state index < -0.39 is 11.8 Å². The molecule has 2 aromatic rings. The summed E-state index contributed by atoms with van der Waals surface area (Å²) in [7, 11) is 0. The van der Waals surface area contributed by atoms with E-state index in [-0.39, 0.29) is 36.9 Å². The second-order valence-electron chi connectivity index (χ2n) is 10.6. The molecule has 2 fully saturated rings. The lowest BCUT2D eigenvalue weighted by Gasteiger charge is -2.43. The Bertz CT molecular complexity index is 1260. The summed E-state index contributed by atoms with van der Waals surface area (Å²) >= 11 is 0. The molecular formula is C30H35N3O7. The van der Waals surface area contributed by atoms with Gasteiger partial charge in [0, 0.05) is 37.7 Å². The van der Waals surface area contributed by atoms with E-state index in [0.717, 1.165) is 11.3 Å². The number of nitrogens with one attached hydrogen (secondary N) is 1. The van der Waals surface area contributed by atoms with Crippen molar-refractivity contribution in [2.75, 3.05) is 44.7 Å². The number of aliphatic hydroxyl groups is 1. The molecule has 1 spiro atoms. The minimum atomic E-state index is -0.673. The molecule has 0 aliphatic carbocycles. The Morgan fingerprint density at radius 3 is 2.67 bits per heavy atom. The van der Waals surface area contributed by atoms with Gasteiger partial charge in [0.2, 0.25) is 19.0 Å². The van der Waals surface area contributed by atoms with Crippen molar-refractivity contribution in [3.05, 3.63) is 65.9 Å². The zero-order valence-corrected chi connectivity index (χ0v) is 22.4. The third kappa shape index (κ3) is 5.09. The van der Waals surface area contributed by atoms with E-state index in [1.807, 2.05) is 54.6 Å². The van der Waals surface area contributed by atoms with Gasteiger partial charge >= 0.3 is 0 Å². The first-order valence-corrected chi connectivity index (χ1v) is 14.0. The topological polar surface area (TPSA) is 110 Å². The second kappa shape index (κ2) is 11.4. The minimum absolute atomic E-state index is 0.01000. The maximum atomic E-state index is 13.8. The average molecular weight is 550 g/mol. The number of para-hydroxylation sites is 1.